The number of rotatable bonds is 5. The Kier molecular flexibility index (Phi) is 4.44. The third-order valence-corrected chi connectivity index (χ3v) is 3.00. The van der Waals surface area contributed by atoms with Crippen LogP contribution in [0.25, 0.3) is 0 Å². The molecule has 0 spiro atoms. The van der Waals surface area contributed by atoms with Crippen molar-refractivity contribution >= 4 is 0 Å². The topological polar surface area (TPSA) is 45.2 Å². The maximum atomic E-state index is 9.81. The minimum Gasteiger partial charge on any atom is -0.389 e. The minimum absolute atomic E-state index is 0.0409. The second-order valence-corrected chi connectivity index (χ2v) is 4.72. The Morgan fingerprint density at radius 1 is 1.50 bits per heavy atom. The van der Waals surface area contributed by atoms with Crippen LogP contribution in [-0.4, -0.2) is 21.7 Å². The van der Waals surface area contributed by atoms with Gasteiger partial charge in [0.2, 0.25) is 0 Å². The van der Waals surface area contributed by atoms with Crippen molar-refractivity contribution in [2.24, 2.45) is 0 Å². The van der Waals surface area contributed by atoms with E-state index in [1.54, 1.807) is 0 Å². The third kappa shape index (κ3) is 3.58. The van der Waals surface area contributed by atoms with Gasteiger partial charge in [-0.2, -0.15) is 0 Å². The highest BCUT2D eigenvalue weighted by Gasteiger charge is 2.21. The molecular formula is C13H22N2O. The second-order valence-electron chi connectivity index (χ2n) is 4.72. The van der Waals surface area contributed by atoms with E-state index < -0.39 is 5.60 Å². The molecule has 1 atom stereocenters. The van der Waals surface area contributed by atoms with Gasteiger partial charge in [-0.15, -0.1) is 0 Å². The fourth-order valence-corrected chi connectivity index (χ4v) is 1.45. The number of nitrogens with zero attached hydrogens (tertiary/aromatic N) is 1. The Morgan fingerprint density at radius 2 is 2.19 bits per heavy atom. The fourth-order valence-electron chi connectivity index (χ4n) is 1.45. The Morgan fingerprint density at radius 3 is 2.75 bits per heavy atom. The number of nitrogens with one attached hydrogen (secondary N) is 1. The molecule has 16 heavy (non-hydrogen) atoms. The summed E-state index contributed by atoms with van der Waals surface area (Å²) in [4.78, 5) is 4.36. The predicted molar refractivity (Wildman–Crippen MR) is 66.2 cm³/mol. The summed E-state index contributed by atoms with van der Waals surface area (Å²) in [5.41, 5.74) is 1.63. The first-order valence-corrected chi connectivity index (χ1v) is 5.83. The van der Waals surface area contributed by atoms with Gasteiger partial charge >= 0.3 is 0 Å². The van der Waals surface area contributed by atoms with Gasteiger partial charge in [0.15, 0.2) is 0 Å². The molecule has 0 fully saturated rings. The van der Waals surface area contributed by atoms with E-state index >= 15 is 0 Å². The lowest BCUT2D eigenvalue weighted by molar-refractivity contribution is 0.0436. The first-order chi connectivity index (χ1) is 7.45. The molecule has 3 nitrogen and oxygen atoms in total. The maximum Gasteiger partial charge on any atom is 0.0741 e. The number of hydrogen-bond donors (Lipinski definition) is 2. The molecule has 1 rings (SSSR count). The van der Waals surface area contributed by atoms with Crippen molar-refractivity contribution in [2.75, 3.05) is 0 Å². The summed E-state index contributed by atoms with van der Waals surface area (Å²) in [5.74, 6) is 0. The molecule has 0 aromatic carbocycles. The molecular weight excluding hydrogens is 200 g/mol. The second kappa shape index (κ2) is 5.41. The van der Waals surface area contributed by atoms with Gasteiger partial charge < -0.3 is 10.4 Å². The van der Waals surface area contributed by atoms with Crippen molar-refractivity contribution in [3.8, 4) is 0 Å². The van der Waals surface area contributed by atoms with Crippen LogP contribution in [0.5, 0.6) is 0 Å². The molecule has 0 saturated heterocycles. The van der Waals surface area contributed by atoms with E-state index in [0.717, 1.165) is 12.1 Å². The van der Waals surface area contributed by atoms with E-state index in [4.69, 9.17) is 0 Å². The standard InChI is InChI=1S/C13H22N2O/c1-5-11-7-6-8-14-12(11)9-15-10(2)13(3,4)16/h6-8,10,15-16H,5,9H2,1-4H3. The zero-order chi connectivity index (χ0) is 12.2. The Labute approximate surface area is 97.9 Å². The maximum absolute atomic E-state index is 9.81. The first-order valence-electron chi connectivity index (χ1n) is 5.83. The zero-order valence-electron chi connectivity index (χ0n) is 10.6. The van der Waals surface area contributed by atoms with Crippen LogP contribution in [0, 0.1) is 0 Å². The number of pyridine rings is 1. The largest absolute Gasteiger partial charge is 0.389 e. The van der Waals surface area contributed by atoms with Crippen molar-refractivity contribution in [3.05, 3.63) is 29.6 Å². The van der Waals surface area contributed by atoms with Crippen molar-refractivity contribution in [1.82, 2.24) is 10.3 Å². The smallest absolute Gasteiger partial charge is 0.0741 e. The Bertz CT molecular complexity index is 331. The van der Waals surface area contributed by atoms with E-state index in [9.17, 15) is 5.11 Å². The summed E-state index contributed by atoms with van der Waals surface area (Å²) in [7, 11) is 0. The van der Waals surface area contributed by atoms with E-state index in [1.807, 2.05) is 33.0 Å². The van der Waals surface area contributed by atoms with Crippen LogP contribution in [0.2, 0.25) is 0 Å². The van der Waals surface area contributed by atoms with Gasteiger partial charge in [-0.3, -0.25) is 4.98 Å². The zero-order valence-corrected chi connectivity index (χ0v) is 10.6. The highest BCUT2D eigenvalue weighted by atomic mass is 16.3. The van der Waals surface area contributed by atoms with E-state index in [1.165, 1.54) is 5.56 Å². The van der Waals surface area contributed by atoms with Gasteiger partial charge in [0.25, 0.3) is 0 Å². The Hall–Kier alpha value is -0.930. The molecule has 0 aliphatic rings. The lowest BCUT2D eigenvalue weighted by atomic mass is 10.0. The van der Waals surface area contributed by atoms with E-state index in [-0.39, 0.29) is 6.04 Å². The van der Waals surface area contributed by atoms with E-state index in [2.05, 4.69) is 23.3 Å². The molecule has 0 radical (unpaired) electrons. The van der Waals surface area contributed by atoms with Gasteiger partial charge in [0.1, 0.15) is 0 Å². The van der Waals surface area contributed by atoms with Crippen LogP contribution in [0.4, 0.5) is 0 Å². The van der Waals surface area contributed by atoms with Crippen molar-refractivity contribution < 1.29 is 5.11 Å². The van der Waals surface area contributed by atoms with Crippen LogP contribution in [0.1, 0.15) is 39.0 Å². The summed E-state index contributed by atoms with van der Waals surface area (Å²) in [6.07, 6.45) is 2.80. The molecule has 0 aliphatic heterocycles. The summed E-state index contributed by atoms with van der Waals surface area (Å²) in [6, 6.07) is 4.10. The van der Waals surface area contributed by atoms with Gasteiger partial charge in [-0.1, -0.05) is 13.0 Å². The molecule has 1 heterocycles. The molecule has 2 N–H and O–H groups in total. The number of aliphatic hydroxyl groups is 1. The lowest BCUT2D eigenvalue weighted by Gasteiger charge is -2.27. The Balaban J connectivity index is 2.61. The number of hydrogen-bond acceptors (Lipinski definition) is 3. The lowest BCUT2D eigenvalue weighted by Crippen LogP contribution is -2.44. The molecule has 1 unspecified atom stereocenters. The van der Waals surface area contributed by atoms with Gasteiger partial charge in [0.05, 0.1) is 11.3 Å². The highest BCUT2D eigenvalue weighted by Crippen LogP contribution is 2.10. The first kappa shape index (κ1) is 13.1. The fraction of sp³-hybridized carbons (Fsp3) is 0.615. The van der Waals surface area contributed by atoms with Gasteiger partial charge in [-0.05, 0) is 38.8 Å². The average Bonchev–Trinajstić information content (AvgIpc) is 2.24. The molecule has 0 aliphatic carbocycles. The average molecular weight is 222 g/mol. The summed E-state index contributed by atoms with van der Waals surface area (Å²) in [5, 5.41) is 13.1. The summed E-state index contributed by atoms with van der Waals surface area (Å²) in [6.45, 7) is 8.43. The monoisotopic (exact) mass is 222 g/mol. The molecule has 90 valence electrons. The number of aromatic nitrogens is 1. The van der Waals surface area contributed by atoms with Gasteiger partial charge in [-0.25, -0.2) is 0 Å². The van der Waals surface area contributed by atoms with Crippen molar-refractivity contribution in [3.63, 3.8) is 0 Å². The minimum atomic E-state index is -0.707. The molecule has 0 bridgehead atoms. The van der Waals surface area contributed by atoms with Crippen molar-refractivity contribution in [1.29, 1.82) is 0 Å². The van der Waals surface area contributed by atoms with E-state index in [0.29, 0.717) is 6.54 Å². The van der Waals surface area contributed by atoms with Crippen LogP contribution in [0.3, 0.4) is 0 Å². The predicted octanol–water partition coefficient (Wildman–Crippen LogP) is 1.89. The molecule has 0 saturated carbocycles. The van der Waals surface area contributed by atoms with Crippen LogP contribution in [0.15, 0.2) is 18.3 Å². The van der Waals surface area contributed by atoms with Gasteiger partial charge in [0, 0.05) is 18.8 Å². The highest BCUT2D eigenvalue weighted by molar-refractivity contribution is 5.19. The summed E-state index contributed by atoms with van der Waals surface area (Å²) < 4.78 is 0. The van der Waals surface area contributed by atoms with Crippen LogP contribution >= 0.6 is 0 Å². The van der Waals surface area contributed by atoms with Crippen molar-refractivity contribution in [2.45, 2.75) is 52.3 Å². The molecule has 3 heteroatoms. The molecule has 1 aromatic heterocycles. The SMILES string of the molecule is CCc1cccnc1CNC(C)C(C)(C)O. The van der Waals surface area contributed by atoms with Crippen LogP contribution in [-0.2, 0) is 13.0 Å². The number of aryl methyl sites for hydroxylation is 1. The molecule has 0 amide bonds. The van der Waals surface area contributed by atoms with Crippen LogP contribution < -0.4 is 5.32 Å². The third-order valence-electron chi connectivity index (χ3n) is 3.00. The summed E-state index contributed by atoms with van der Waals surface area (Å²) >= 11 is 0. The quantitative estimate of drug-likeness (QED) is 0.799. The molecule has 1 aromatic rings. The normalized spacial score (nSPS) is 13.8.